The van der Waals surface area contributed by atoms with Crippen LogP contribution in [-0.2, 0) is 0 Å². The van der Waals surface area contributed by atoms with E-state index in [-0.39, 0.29) is 0 Å². The lowest BCUT2D eigenvalue weighted by Gasteiger charge is -2.27. The zero-order chi connectivity index (χ0) is 13.7. The molecule has 1 fully saturated rings. The fourth-order valence-electron chi connectivity index (χ4n) is 2.65. The van der Waals surface area contributed by atoms with Crippen LogP contribution in [0.1, 0.15) is 51.8 Å². The second kappa shape index (κ2) is 6.58. The molecule has 108 valence electrons. The van der Waals surface area contributed by atoms with Crippen molar-refractivity contribution in [3.8, 4) is 0 Å². The van der Waals surface area contributed by atoms with Gasteiger partial charge in [0.15, 0.2) is 0 Å². The van der Waals surface area contributed by atoms with E-state index in [1.165, 1.54) is 32.4 Å². The van der Waals surface area contributed by atoms with Crippen LogP contribution in [0.15, 0.2) is 22.8 Å². The van der Waals surface area contributed by atoms with Crippen molar-refractivity contribution in [3.63, 3.8) is 0 Å². The van der Waals surface area contributed by atoms with Crippen molar-refractivity contribution in [2.24, 2.45) is 5.41 Å². The SMILES string of the molecule is CC(C)(C)CCNCC(c1ccco1)N1CCCC1. The van der Waals surface area contributed by atoms with Gasteiger partial charge in [0.25, 0.3) is 0 Å². The first-order chi connectivity index (χ1) is 9.06. The van der Waals surface area contributed by atoms with Crippen molar-refractivity contribution in [2.45, 2.75) is 46.1 Å². The highest BCUT2D eigenvalue weighted by atomic mass is 16.3. The van der Waals surface area contributed by atoms with Gasteiger partial charge in [-0.05, 0) is 56.4 Å². The molecule has 1 aliphatic rings. The molecule has 0 saturated carbocycles. The molecule has 1 atom stereocenters. The monoisotopic (exact) mass is 264 g/mol. The summed E-state index contributed by atoms with van der Waals surface area (Å²) in [5, 5.41) is 3.61. The Balaban J connectivity index is 1.84. The molecular weight excluding hydrogens is 236 g/mol. The molecule has 1 saturated heterocycles. The molecule has 1 aromatic rings. The third-order valence-electron chi connectivity index (χ3n) is 3.84. The molecule has 1 N–H and O–H groups in total. The molecular formula is C16H28N2O. The van der Waals surface area contributed by atoms with Gasteiger partial charge in [-0.25, -0.2) is 0 Å². The van der Waals surface area contributed by atoms with Gasteiger partial charge in [-0.1, -0.05) is 20.8 Å². The molecule has 1 unspecified atom stereocenters. The van der Waals surface area contributed by atoms with Crippen LogP contribution in [0.3, 0.4) is 0 Å². The number of likely N-dealkylation sites (tertiary alicyclic amines) is 1. The molecule has 0 amide bonds. The van der Waals surface area contributed by atoms with Gasteiger partial charge < -0.3 is 9.73 Å². The maximum atomic E-state index is 5.62. The third kappa shape index (κ3) is 4.66. The van der Waals surface area contributed by atoms with Crippen LogP contribution in [0.25, 0.3) is 0 Å². The van der Waals surface area contributed by atoms with Crippen LogP contribution in [0.2, 0.25) is 0 Å². The first-order valence-corrected chi connectivity index (χ1v) is 7.54. The molecule has 0 aliphatic carbocycles. The summed E-state index contributed by atoms with van der Waals surface area (Å²) in [6.07, 6.45) is 5.63. The lowest BCUT2D eigenvalue weighted by molar-refractivity contribution is 0.207. The first-order valence-electron chi connectivity index (χ1n) is 7.54. The van der Waals surface area contributed by atoms with E-state index >= 15 is 0 Å². The Morgan fingerprint density at radius 2 is 2.05 bits per heavy atom. The molecule has 0 spiro atoms. The number of rotatable bonds is 6. The van der Waals surface area contributed by atoms with Gasteiger partial charge >= 0.3 is 0 Å². The van der Waals surface area contributed by atoms with Crippen LogP contribution in [0.4, 0.5) is 0 Å². The normalized spacial score (nSPS) is 18.9. The maximum absolute atomic E-state index is 5.62. The van der Waals surface area contributed by atoms with Crippen LogP contribution in [-0.4, -0.2) is 31.1 Å². The van der Waals surface area contributed by atoms with Crippen LogP contribution in [0, 0.1) is 5.41 Å². The van der Waals surface area contributed by atoms with E-state index in [0.717, 1.165) is 18.8 Å². The van der Waals surface area contributed by atoms with Crippen molar-refractivity contribution in [1.82, 2.24) is 10.2 Å². The Morgan fingerprint density at radius 1 is 1.32 bits per heavy atom. The number of nitrogens with one attached hydrogen (secondary N) is 1. The highest BCUT2D eigenvalue weighted by Crippen LogP contribution is 2.25. The standard InChI is InChI=1S/C16H28N2O/c1-16(2,3)8-9-17-13-14(15-7-6-12-19-15)18-10-4-5-11-18/h6-7,12,14,17H,4-5,8-11,13H2,1-3H3. The Bertz CT molecular complexity index is 347. The van der Waals surface area contributed by atoms with Crippen molar-refractivity contribution < 1.29 is 4.42 Å². The molecule has 1 aromatic heterocycles. The zero-order valence-electron chi connectivity index (χ0n) is 12.6. The van der Waals surface area contributed by atoms with Crippen molar-refractivity contribution in [2.75, 3.05) is 26.2 Å². The van der Waals surface area contributed by atoms with Crippen LogP contribution < -0.4 is 5.32 Å². The first kappa shape index (κ1) is 14.6. The summed E-state index contributed by atoms with van der Waals surface area (Å²) in [4.78, 5) is 2.54. The molecule has 2 rings (SSSR count). The van der Waals surface area contributed by atoms with Crippen molar-refractivity contribution in [3.05, 3.63) is 24.2 Å². The molecule has 3 heteroatoms. The van der Waals surface area contributed by atoms with E-state index in [1.54, 1.807) is 6.26 Å². The van der Waals surface area contributed by atoms with Crippen molar-refractivity contribution >= 4 is 0 Å². The summed E-state index contributed by atoms with van der Waals surface area (Å²) in [7, 11) is 0. The fraction of sp³-hybridized carbons (Fsp3) is 0.750. The molecule has 0 aromatic carbocycles. The average molecular weight is 264 g/mol. The summed E-state index contributed by atoms with van der Waals surface area (Å²) in [5.74, 6) is 1.10. The van der Waals surface area contributed by atoms with Gasteiger partial charge in [-0.3, -0.25) is 4.90 Å². The average Bonchev–Trinajstić information content (AvgIpc) is 3.00. The van der Waals surface area contributed by atoms with Crippen molar-refractivity contribution in [1.29, 1.82) is 0 Å². The number of furan rings is 1. The maximum Gasteiger partial charge on any atom is 0.122 e. The molecule has 0 bridgehead atoms. The minimum absolute atomic E-state index is 0.400. The summed E-state index contributed by atoms with van der Waals surface area (Å²) < 4.78 is 5.62. The highest BCUT2D eigenvalue weighted by molar-refractivity contribution is 5.06. The predicted molar refractivity (Wildman–Crippen MR) is 79.2 cm³/mol. The quantitative estimate of drug-likeness (QED) is 0.798. The Labute approximate surface area is 117 Å². The molecule has 0 radical (unpaired) electrons. The zero-order valence-corrected chi connectivity index (χ0v) is 12.6. The highest BCUT2D eigenvalue weighted by Gasteiger charge is 2.25. The van der Waals surface area contributed by atoms with E-state index in [4.69, 9.17) is 4.42 Å². The summed E-state index contributed by atoms with van der Waals surface area (Å²) in [5.41, 5.74) is 0.404. The van der Waals surface area contributed by atoms with E-state index in [9.17, 15) is 0 Å². The summed E-state index contributed by atoms with van der Waals surface area (Å²) in [6, 6.07) is 4.50. The molecule has 1 aliphatic heterocycles. The van der Waals surface area contributed by atoms with E-state index in [1.807, 2.05) is 6.07 Å². The fourth-order valence-corrected chi connectivity index (χ4v) is 2.65. The number of hydrogen-bond donors (Lipinski definition) is 1. The van der Waals surface area contributed by atoms with E-state index < -0.39 is 0 Å². The van der Waals surface area contributed by atoms with E-state index in [0.29, 0.717) is 11.5 Å². The number of nitrogens with zero attached hydrogens (tertiary/aromatic N) is 1. The van der Waals surface area contributed by atoms with Crippen LogP contribution in [0.5, 0.6) is 0 Å². The topological polar surface area (TPSA) is 28.4 Å². The lowest BCUT2D eigenvalue weighted by Crippen LogP contribution is -2.35. The van der Waals surface area contributed by atoms with Gasteiger partial charge in [0.1, 0.15) is 5.76 Å². The lowest BCUT2D eigenvalue weighted by atomic mass is 9.92. The Hall–Kier alpha value is -0.800. The smallest absolute Gasteiger partial charge is 0.122 e. The second-order valence-electron chi connectivity index (χ2n) is 6.79. The number of hydrogen-bond acceptors (Lipinski definition) is 3. The van der Waals surface area contributed by atoms with Gasteiger partial charge in [0.2, 0.25) is 0 Å². The van der Waals surface area contributed by atoms with Gasteiger partial charge in [0.05, 0.1) is 12.3 Å². The summed E-state index contributed by atoms with van der Waals surface area (Å²) in [6.45, 7) is 11.3. The van der Waals surface area contributed by atoms with E-state index in [2.05, 4.69) is 37.1 Å². The largest absolute Gasteiger partial charge is 0.468 e. The second-order valence-corrected chi connectivity index (χ2v) is 6.79. The minimum atomic E-state index is 0.400. The minimum Gasteiger partial charge on any atom is -0.468 e. The van der Waals surface area contributed by atoms with Gasteiger partial charge in [0, 0.05) is 6.54 Å². The van der Waals surface area contributed by atoms with Gasteiger partial charge in [-0.2, -0.15) is 0 Å². The van der Waals surface area contributed by atoms with Gasteiger partial charge in [-0.15, -0.1) is 0 Å². The predicted octanol–water partition coefficient (Wildman–Crippen LogP) is 3.44. The third-order valence-corrected chi connectivity index (χ3v) is 3.84. The summed E-state index contributed by atoms with van der Waals surface area (Å²) >= 11 is 0. The Morgan fingerprint density at radius 3 is 2.63 bits per heavy atom. The molecule has 3 nitrogen and oxygen atoms in total. The van der Waals surface area contributed by atoms with Crippen LogP contribution >= 0.6 is 0 Å². The Kier molecular flexibility index (Phi) is 5.06. The molecule has 2 heterocycles. The molecule has 19 heavy (non-hydrogen) atoms.